The van der Waals surface area contributed by atoms with Gasteiger partial charge in [0.15, 0.2) is 0 Å². The van der Waals surface area contributed by atoms with Gasteiger partial charge in [0.05, 0.1) is 11.2 Å². The number of phenols is 1. The van der Waals surface area contributed by atoms with Crippen molar-refractivity contribution in [1.82, 2.24) is 14.5 Å². The Bertz CT molecular complexity index is 1230. The molecule has 0 unspecified atom stereocenters. The molecule has 0 atom stereocenters. The van der Waals surface area contributed by atoms with Crippen LogP contribution in [0.3, 0.4) is 0 Å². The second-order valence-corrected chi connectivity index (χ2v) is 8.05. The number of nitrogens with zero attached hydrogens (tertiary/aromatic N) is 5. The van der Waals surface area contributed by atoms with Crippen LogP contribution in [0.25, 0.3) is 11.0 Å². The van der Waals surface area contributed by atoms with Crippen molar-refractivity contribution >= 4 is 32.7 Å². The highest BCUT2D eigenvalue weighted by Gasteiger charge is 2.25. The summed E-state index contributed by atoms with van der Waals surface area (Å²) in [5.74, 6) is -0.530. The van der Waals surface area contributed by atoms with Crippen LogP contribution < -0.4 is 10.5 Å². The third-order valence-corrected chi connectivity index (χ3v) is 5.86. The van der Waals surface area contributed by atoms with Crippen LogP contribution in [-0.4, -0.2) is 45.7 Å². The molecule has 154 valence electrons. The van der Waals surface area contributed by atoms with Gasteiger partial charge in [-0.25, -0.2) is 9.37 Å². The molecular formula is C21H19BrFN5O2. The minimum absolute atomic E-state index is 0.0594. The van der Waals surface area contributed by atoms with E-state index in [0.29, 0.717) is 59.6 Å². The summed E-state index contributed by atoms with van der Waals surface area (Å²) in [6, 6.07) is 9.67. The summed E-state index contributed by atoms with van der Waals surface area (Å²) in [7, 11) is 1.64. The van der Waals surface area contributed by atoms with Crippen molar-refractivity contribution in [3.8, 4) is 11.8 Å². The van der Waals surface area contributed by atoms with Gasteiger partial charge in [-0.1, -0.05) is 6.07 Å². The smallest absolute Gasteiger partial charge is 0.270 e. The molecule has 4 rings (SSSR count). The van der Waals surface area contributed by atoms with E-state index in [4.69, 9.17) is 0 Å². The molecule has 0 amide bonds. The number of piperazine rings is 1. The van der Waals surface area contributed by atoms with Crippen molar-refractivity contribution in [2.75, 3.05) is 31.1 Å². The fourth-order valence-electron chi connectivity index (χ4n) is 3.82. The molecule has 0 aliphatic carbocycles. The third kappa shape index (κ3) is 3.64. The third-order valence-electron chi connectivity index (χ3n) is 5.42. The van der Waals surface area contributed by atoms with Crippen molar-refractivity contribution in [2.45, 2.75) is 6.54 Å². The predicted molar refractivity (Wildman–Crippen MR) is 115 cm³/mol. The van der Waals surface area contributed by atoms with Crippen LogP contribution >= 0.6 is 15.9 Å². The van der Waals surface area contributed by atoms with Gasteiger partial charge in [0.25, 0.3) is 5.56 Å². The first-order valence-electron chi connectivity index (χ1n) is 9.43. The summed E-state index contributed by atoms with van der Waals surface area (Å²) in [4.78, 5) is 21.4. The van der Waals surface area contributed by atoms with E-state index in [-0.39, 0.29) is 16.9 Å². The standard InChI is InChI=1S/C21H19BrFN5O2/c1-26-16-4-5-18(22)25-19(16)20(15(11-24)21(26)30)28-8-6-27(7-9-28)12-13-2-3-14(23)10-17(13)29/h2-5,10,29H,6-9,12H2,1H3. The average molecular weight is 472 g/mol. The van der Waals surface area contributed by atoms with Gasteiger partial charge >= 0.3 is 0 Å². The largest absolute Gasteiger partial charge is 0.508 e. The number of hydrogen-bond donors (Lipinski definition) is 1. The van der Waals surface area contributed by atoms with E-state index in [9.17, 15) is 19.6 Å². The highest BCUT2D eigenvalue weighted by atomic mass is 79.9. The van der Waals surface area contributed by atoms with Crippen molar-refractivity contribution in [3.05, 3.63) is 62.2 Å². The average Bonchev–Trinajstić information content (AvgIpc) is 2.73. The number of pyridine rings is 2. The van der Waals surface area contributed by atoms with E-state index in [1.54, 1.807) is 19.2 Å². The molecule has 1 aromatic carbocycles. The Morgan fingerprint density at radius 3 is 2.63 bits per heavy atom. The zero-order valence-electron chi connectivity index (χ0n) is 16.3. The van der Waals surface area contributed by atoms with E-state index < -0.39 is 5.82 Å². The Hall–Kier alpha value is -2.96. The van der Waals surface area contributed by atoms with Crippen molar-refractivity contribution in [3.63, 3.8) is 0 Å². The molecule has 30 heavy (non-hydrogen) atoms. The lowest BCUT2D eigenvalue weighted by Crippen LogP contribution is -2.47. The van der Waals surface area contributed by atoms with Crippen LogP contribution in [0.2, 0.25) is 0 Å². The summed E-state index contributed by atoms with van der Waals surface area (Å²) in [6.07, 6.45) is 0. The number of nitriles is 1. The van der Waals surface area contributed by atoms with Crippen LogP contribution in [0.15, 0.2) is 39.7 Å². The summed E-state index contributed by atoms with van der Waals surface area (Å²) in [5.41, 5.74) is 2.22. The number of aromatic hydroxyl groups is 1. The van der Waals surface area contributed by atoms with Crippen LogP contribution in [0.5, 0.6) is 5.75 Å². The molecule has 0 radical (unpaired) electrons. The van der Waals surface area contributed by atoms with Crippen molar-refractivity contribution < 1.29 is 9.50 Å². The molecule has 0 spiro atoms. The molecule has 2 aromatic heterocycles. The fraction of sp³-hybridized carbons (Fsp3) is 0.286. The first kappa shape index (κ1) is 20.3. The summed E-state index contributed by atoms with van der Waals surface area (Å²) in [6.45, 7) is 2.99. The fourth-order valence-corrected chi connectivity index (χ4v) is 4.13. The van der Waals surface area contributed by atoms with E-state index >= 15 is 0 Å². The Labute approximate surface area is 180 Å². The van der Waals surface area contributed by atoms with Gasteiger partial charge in [-0.05, 0) is 34.1 Å². The van der Waals surface area contributed by atoms with Gasteiger partial charge in [0, 0.05) is 51.4 Å². The van der Waals surface area contributed by atoms with Gasteiger partial charge in [-0.3, -0.25) is 9.69 Å². The zero-order chi connectivity index (χ0) is 21.4. The number of aryl methyl sites for hydroxylation is 1. The lowest BCUT2D eigenvalue weighted by atomic mass is 10.1. The molecule has 9 heteroatoms. The van der Waals surface area contributed by atoms with Crippen LogP contribution in [0, 0.1) is 17.1 Å². The van der Waals surface area contributed by atoms with E-state index in [2.05, 4.69) is 31.9 Å². The second-order valence-electron chi connectivity index (χ2n) is 7.24. The molecule has 7 nitrogen and oxygen atoms in total. The minimum atomic E-state index is -0.471. The van der Waals surface area contributed by atoms with Crippen LogP contribution in [0.1, 0.15) is 11.1 Å². The molecule has 1 N–H and O–H groups in total. The van der Waals surface area contributed by atoms with Gasteiger partial charge < -0.3 is 14.6 Å². The molecule has 0 saturated carbocycles. The normalized spacial score (nSPS) is 14.8. The number of hydrogen-bond acceptors (Lipinski definition) is 6. The lowest BCUT2D eigenvalue weighted by Gasteiger charge is -2.36. The summed E-state index contributed by atoms with van der Waals surface area (Å²) < 4.78 is 15.3. The molecule has 3 heterocycles. The Morgan fingerprint density at radius 1 is 1.23 bits per heavy atom. The van der Waals surface area contributed by atoms with E-state index in [0.717, 1.165) is 6.07 Å². The Kier molecular flexibility index (Phi) is 5.45. The number of halogens is 2. The first-order chi connectivity index (χ1) is 14.4. The number of phenolic OH excluding ortho intramolecular Hbond substituents is 1. The molecule has 1 aliphatic rings. The number of benzene rings is 1. The number of rotatable bonds is 3. The Balaban J connectivity index is 1.63. The maximum atomic E-state index is 13.2. The molecule has 0 bridgehead atoms. The summed E-state index contributed by atoms with van der Waals surface area (Å²) >= 11 is 3.38. The molecule has 1 saturated heterocycles. The lowest BCUT2D eigenvalue weighted by molar-refractivity contribution is 0.246. The SMILES string of the molecule is Cn1c(=O)c(C#N)c(N2CCN(Cc3ccc(F)cc3O)CC2)c2nc(Br)ccc21. The molecule has 1 aliphatic heterocycles. The highest BCUT2D eigenvalue weighted by Crippen LogP contribution is 2.29. The van der Waals surface area contributed by atoms with Crippen LogP contribution in [-0.2, 0) is 13.6 Å². The molecule has 3 aromatic rings. The van der Waals surface area contributed by atoms with Gasteiger partial charge in [0.1, 0.15) is 33.3 Å². The second kappa shape index (κ2) is 8.05. The minimum Gasteiger partial charge on any atom is -0.508 e. The number of aromatic nitrogens is 2. The topological polar surface area (TPSA) is 85.4 Å². The van der Waals surface area contributed by atoms with Gasteiger partial charge in [0.2, 0.25) is 0 Å². The quantitative estimate of drug-likeness (QED) is 0.591. The molecular weight excluding hydrogens is 453 g/mol. The molecule has 1 fully saturated rings. The summed E-state index contributed by atoms with van der Waals surface area (Å²) in [5, 5.41) is 19.6. The maximum absolute atomic E-state index is 13.2. The maximum Gasteiger partial charge on any atom is 0.270 e. The van der Waals surface area contributed by atoms with Gasteiger partial charge in [-0.15, -0.1) is 0 Å². The highest BCUT2D eigenvalue weighted by molar-refractivity contribution is 9.10. The first-order valence-corrected chi connectivity index (χ1v) is 10.2. The predicted octanol–water partition coefficient (Wildman–Crippen LogP) is 2.73. The van der Waals surface area contributed by atoms with E-state index in [1.165, 1.54) is 10.6 Å². The Morgan fingerprint density at radius 2 is 1.97 bits per heavy atom. The van der Waals surface area contributed by atoms with Crippen LogP contribution in [0.4, 0.5) is 10.1 Å². The zero-order valence-corrected chi connectivity index (χ0v) is 17.9. The van der Waals surface area contributed by atoms with Gasteiger partial charge in [-0.2, -0.15) is 5.26 Å². The number of anilines is 1. The van der Waals surface area contributed by atoms with Crippen molar-refractivity contribution in [2.24, 2.45) is 7.05 Å². The monoisotopic (exact) mass is 471 g/mol. The number of fused-ring (bicyclic) bond motifs is 1. The van der Waals surface area contributed by atoms with Crippen molar-refractivity contribution in [1.29, 1.82) is 5.26 Å². The van der Waals surface area contributed by atoms with E-state index in [1.807, 2.05) is 11.0 Å².